The summed E-state index contributed by atoms with van der Waals surface area (Å²) in [6, 6.07) is -0.0964. The third-order valence-electron chi connectivity index (χ3n) is 2.03. The number of thioether (sulfide) groups is 1. The molecule has 1 N–H and O–H groups in total. The zero-order valence-electron chi connectivity index (χ0n) is 9.08. The molecule has 0 aromatic carbocycles. The van der Waals surface area contributed by atoms with Gasteiger partial charge in [-0.2, -0.15) is 0 Å². The molecule has 7 heteroatoms. The Labute approximate surface area is 102 Å². The molecule has 1 aromatic rings. The smallest absolute Gasteiger partial charge is 0.246 e. The molecule has 0 radical (unpaired) electrons. The second-order valence-corrected chi connectivity index (χ2v) is 4.48. The number of amides is 1. The van der Waals surface area contributed by atoms with Crippen LogP contribution in [-0.2, 0) is 4.79 Å². The van der Waals surface area contributed by atoms with Crippen molar-refractivity contribution in [3.63, 3.8) is 0 Å². The molecule has 0 saturated heterocycles. The van der Waals surface area contributed by atoms with Crippen LogP contribution in [0.4, 0.5) is 0 Å². The lowest BCUT2D eigenvalue weighted by Crippen LogP contribution is -2.36. The van der Waals surface area contributed by atoms with Crippen LogP contribution in [0.2, 0.25) is 0 Å². The minimum atomic E-state index is -0.286. The third-order valence-corrected chi connectivity index (χ3v) is 2.82. The molecular weight excluding hydrogens is 240 g/mol. The fraction of sp³-hybridized carbons (Fsp3) is 0.300. The Bertz CT molecular complexity index is 474. The first-order valence-corrected chi connectivity index (χ1v) is 5.82. The first-order chi connectivity index (χ1) is 8.15. The molecular formula is C10H10N4O2S. The topological polar surface area (TPSA) is 84.3 Å². The predicted molar refractivity (Wildman–Crippen MR) is 63.6 cm³/mol. The van der Waals surface area contributed by atoms with Gasteiger partial charge in [0.1, 0.15) is 5.69 Å². The molecule has 2 rings (SSSR count). The van der Waals surface area contributed by atoms with E-state index in [0.29, 0.717) is 11.6 Å². The SMILES string of the molecule is CC1CC(=O)NC(SC(=O)c2cnccn2)=N1. The summed E-state index contributed by atoms with van der Waals surface area (Å²) in [5.41, 5.74) is 0.243. The molecule has 1 aliphatic heterocycles. The number of aromatic nitrogens is 2. The fourth-order valence-electron chi connectivity index (χ4n) is 1.31. The number of rotatable bonds is 1. The summed E-state index contributed by atoms with van der Waals surface area (Å²) in [4.78, 5) is 34.9. The van der Waals surface area contributed by atoms with E-state index in [9.17, 15) is 9.59 Å². The minimum Gasteiger partial charge on any atom is -0.305 e. The monoisotopic (exact) mass is 250 g/mol. The lowest BCUT2D eigenvalue weighted by Gasteiger charge is -2.16. The molecule has 6 nitrogen and oxygen atoms in total. The zero-order valence-corrected chi connectivity index (χ0v) is 9.90. The van der Waals surface area contributed by atoms with Crippen molar-refractivity contribution in [1.82, 2.24) is 15.3 Å². The van der Waals surface area contributed by atoms with Crippen LogP contribution in [0.25, 0.3) is 0 Å². The van der Waals surface area contributed by atoms with Crippen molar-refractivity contribution in [2.75, 3.05) is 0 Å². The maximum Gasteiger partial charge on any atom is 0.246 e. The molecule has 1 atom stereocenters. The minimum absolute atomic E-state index is 0.0964. The highest BCUT2D eigenvalue weighted by molar-refractivity contribution is 8.26. The number of amidine groups is 1. The number of nitrogens with one attached hydrogen (secondary N) is 1. The molecule has 2 heterocycles. The molecule has 17 heavy (non-hydrogen) atoms. The summed E-state index contributed by atoms with van der Waals surface area (Å²) in [5, 5.41) is 2.59. The van der Waals surface area contributed by atoms with E-state index in [0.717, 1.165) is 11.8 Å². The van der Waals surface area contributed by atoms with Crippen molar-refractivity contribution in [1.29, 1.82) is 0 Å². The van der Waals surface area contributed by atoms with Gasteiger partial charge in [0.2, 0.25) is 11.0 Å². The number of carbonyl (C=O) groups excluding carboxylic acids is 2. The average molecular weight is 250 g/mol. The lowest BCUT2D eigenvalue weighted by atomic mass is 10.2. The van der Waals surface area contributed by atoms with Crippen molar-refractivity contribution in [2.45, 2.75) is 19.4 Å². The van der Waals surface area contributed by atoms with E-state index in [-0.39, 0.29) is 22.8 Å². The van der Waals surface area contributed by atoms with Crippen LogP contribution in [0, 0.1) is 0 Å². The molecule has 0 bridgehead atoms. The number of hydrogen-bond donors (Lipinski definition) is 1. The number of nitrogens with zero attached hydrogens (tertiary/aromatic N) is 3. The van der Waals surface area contributed by atoms with Crippen molar-refractivity contribution < 1.29 is 9.59 Å². The second kappa shape index (κ2) is 5.05. The zero-order chi connectivity index (χ0) is 12.3. The van der Waals surface area contributed by atoms with E-state index in [1.807, 2.05) is 6.92 Å². The van der Waals surface area contributed by atoms with Crippen LogP contribution in [0.15, 0.2) is 23.6 Å². The van der Waals surface area contributed by atoms with E-state index >= 15 is 0 Å². The van der Waals surface area contributed by atoms with Crippen LogP contribution in [0.3, 0.4) is 0 Å². The van der Waals surface area contributed by atoms with E-state index in [1.165, 1.54) is 18.6 Å². The van der Waals surface area contributed by atoms with Gasteiger partial charge < -0.3 is 5.32 Å². The van der Waals surface area contributed by atoms with Gasteiger partial charge in [0.15, 0.2) is 5.17 Å². The van der Waals surface area contributed by atoms with Crippen molar-refractivity contribution in [3.05, 3.63) is 24.3 Å². The van der Waals surface area contributed by atoms with E-state index < -0.39 is 0 Å². The molecule has 0 aliphatic carbocycles. The summed E-state index contributed by atoms with van der Waals surface area (Å²) in [6.07, 6.45) is 4.66. The van der Waals surface area contributed by atoms with Gasteiger partial charge in [-0.1, -0.05) is 0 Å². The summed E-state index contributed by atoms with van der Waals surface area (Å²) in [7, 11) is 0. The van der Waals surface area contributed by atoms with Crippen molar-refractivity contribution in [3.8, 4) is 0 Å². The molecule has 88 valence electrons. The number of carbonyl (C=O) groups is 2. The van der Waals surface area contributed by atoms with Gasteiger partial charge >= 0.3 is 0 Å². The predicted octanol–water partition coefficient (Wildman–Crippen LogP) is 0.614. The largest absolute Gasteiger partial charge is 0.305 e. The second-order valence-electron chi connectivity index (χ2n) is 3.52. The van der Waals surface area contributed by atoms with Gasteiger partial charge in [-0.05, 0) is 18.7 Å². The molecule has 1 aliphatic rings. The maximum absolute atomic E-state index is 11.8. The fourth-order valence-corrected chi connectivity index (χ4v) is 2.10. The summed E-state index contributed by atoms with van der Waals surface area (Å²) >= 11 is 0.858. The molecule has 0 saturated carbocycles. The van der Waals surface area contributed by atoms with Crippen molar-refractivity contribution in [2.24, 2.45) is 4.99 Å². The van der Waals surface area contributed by atoms with Gasteiger partial charge in [-0.3, -0.25) is 19.6 Å². The van der Waals surface area contributed by atoms with Gasteiger partial charge in [-0.15, -0.1) is 0 Å². The highest BCUT2D eigenvalue weighted by Crippen LogP contribution is 2.14. The molecule has 1 unspecified atom stereocenters. The Morgan fingerprint density at radius 3 is 3.00 bits per heavy atom. The van der Waals surface area contributed by atoms with Crippen molar-refractivity contribution >= 4 is 28.0 Å². The highest BCUT2D eigenvalue weighted by atomic mass is 32.2. The Kier molecular flexibility index (Phi) is 3.48. The lowest BCUT2D eigenvalue weighted by molar-refractivity contribution is -0.120. The third kappa shape index (κ3) is 3.10. The van der Waals surface area contributed by atoms with Crippen LogP contribution in [-0.4, -0.2) is 32.2 Å². The average Bonchev–Trinajstić information content (AvgIpc) is 2.28. The van der Waals surface area contributed by atoms with Crippen LogP contribution >= 0.6 is 11.8 Å². The molecule has 1 aromatic heterocycles. The van der Waals surface area contributed by atoms with E-state index in [4.69, 9.17) is 0 Å². The summed E-state index contributed by atoms with van der Waals surface area (Å²) in [6.45, 7) is 1.83. The van der Waals surface area contributed by atoms with Crippen LogP contribution < -0.4 is 5.32 Å². The first-order valence-electron chi connectivity index (χ1n) is 5.01. The Balaban J connectivity index is 2.07. The number of hydrogen-bond acceptors (Lipinski definition) is 6. The van der Waals surface area contributed by atoms with Gasteiger partial charge in [0.05, 0.1) is 12.2 Å². The number of aliphatic imine (C=N–C) groups is 1. The molecule has 0 fully saturated rings. The van der Waals surface area contributed by atoms with Gasteiger partial charge in [-0.25, -0.2) is 4.98 Å². The normalized spacial score (nSPS) is 19.5. The van der Waals surface area contributed by atoms with Gasteiger partial charge in [0, 0.05) is 18.8 Å². The Hall–Kier alpha value is -1.76. The van der Waals surface area contributed by atoms with Gasteiger partial charge in [0.25, 0.3) is 0 Å². The maximum atomic E-state index is 11.8. The summed E-state index contributed by atoms with van der Waals surface area (Å²) < 4.78 is 0. The Morgan fingerprint density at radius 1 is 1.53 bits per heavy atom. The van der Waals surface area contributed by atoms with E-state index in [1.54, 1.807) is 0 Å². The molecule has 1 amide bonds. The quantitative estimate of drug-likeness (QED) is 0.789. The highest BCUT2D eigenvalue weighted by Gasteiger charge is 2.21. The van der Waals surface area contributed by atoms with Crippen LogP contribution in [0.1, 0.15) is 23.8 Å². The van der Waals surface area contributed by atoms with Crippen LogP contribution in [0.5, 0.6) is 0 Å². The molecule has 0 spiro atoms. The first kappa shape index (κ1) is 11.7. The summed E-state index contributed by atoms with van der Waals surface area (Å²) in [5.74, 6) is -0.123. The standard InChI is InChI=1S/C10H10N4O2S/c1-6-4-8(15)14-10(13-6)17-9(16)7-5-11-2-3-12-7/h2-3,5-6H,4H2,1H3,(H,13,14,15). The Morgan fingerprint density at radius 2 is 2.35 bits per heavy atom. The van der Waals surface area contributed by atoms with E-state index in [2.05, 4.69) is 20.3 Å².